The molecule has 0 bridgehead atoms. The van der Waals surface area contributed by atoms with Crippen LogP contribution in [0.4, 0.5) is 0 Å². The average molecular weight is 312 g/mol. The van der Waals surface area contributed by atoms with E-state index in [2.05, 4.69) is 26.1 Å². The first kappa shape index (κ1) is 18.1. The lowest BCUT2D eigenvalue weighted by Gasteiger charge is -2.22. The normalized spacial score (nSPS) is 13.9. The Hall–Kier alpha value is -0.910. The first-order valence-electron chi connectivity index (χ1n) is 7.52. The standard InChI is InChI=1S/C16H28N2O2S/c1-6-17-15(11-13(2)3)12-14-9-7-8-10-16(14)21(19,20)18(4)5/h7-10,13,15,17H,6,11-12H2,1-5H3. The fourth-order valence-corrected chi connectivity index (χ4v) is 3.61. The van der Waals surface area contributed by atoms with Crippen molar-refractivity contribution in [2.24, 2.45) is 5.92 Å². The number of hydrogen-bond acceptors (Lipinski definition) is 3. The Bertz CT molecular complexity index is 539. The van der Waals surface area contributed by atoms with Crippen LogP contribution in [0.2, 0.25) is 0 Å². The van der Waals surface area contributed by atoms with Crippen LogP contribution in [0.1, 0.15) is 32.8 Å². The molecule has 1 aromatic rings. The van der Waals surface area contributed by atoms with Crippen molar-refractivity contribution in [3.8, 4) is 0 Å². The highest BCUT2D eigenvalue weighted by atomic mass is 32.2. The Morgan fingerprint density at radius 1 is 1.19 bits per heavy atom. The summed E-state index contributed by atoms with van der Waals surface area (Å²) in [6.45, 7) is 7.34. The van der Waals surface area contributed by atoms with Crippen LogP contribution >= 0.6 is 0 Å². The van der Waals surface area contributed by atoms with Crippen molar-refractivity contribution in [2.45, 2.75) is 44.6 Å². The number of benzene rings is 1. The number of rotatable bonds is 8. The van der Waals surface area contributed by atoms with E-state index in [1.165, 1.54) is 4.31 Å². The largest absolute Gasteiger partial charge is 0.314 e. The molecule has 1 rings (SSSR count). The van der Waals surface area contributed by atoms with Gasteiger partial charge in [-0.3, -0.25) is 0 Å². The molecule has 1 aromatic carbocycles. The second-order valence-electron chi connectivity index (χ2n) is 5.98. The van der Waals surface area contributed by atoms with Crippen LogP contribution < -0.4 is 5.32 Å². The van der Waals surface area contributed by atoms with Crippen LogP contribution in [0, 0.1) is 5.92 Å². The summed E-state index contributed by atoms with van der Waals surface area (Å²) in [5.74, 6) is 0.576. The minimum absolute atomic E-state index is 0.300. The van der Waals surface area contributed by atoms with Crippen molar-refractivity contribution < 1.29 is 8.42 Å². The smallest absolute Gasteiger partial charge is 0.242 e. The van der Waals surface area contributed by atoms with Crippen molar-refractivity contribution in [3.63, 3.8) is 0 Å². The van der Waals surface area contributed by atoms with Crippen LogP contribution in [-0.2, 0) is 16.4 Å². The zero-order valence-corrected chi connectivity index (χ0v) is 14.6. The maximum atomic E-state index is 12.4. The average Bonchev–Trinajstić information content (AvgIpc) is 2.38. The molecule has 0 saturated heterocycles. The first-order valence-corrected chi connectivity index (χ1v) is 8.96. The van der Waals surface area contributed by atoms with E-state index in [9.17, 15) is 8.42 Å². The van der Waals surface area contributed by atoms with Gasteiger partial charge in [-0.15, -0.1) is 0 Å². The Kier molecular flexibility index (Phi) is 6.84. The molecule has 0 aliphatic heterocycles. The molecule has 0 radical (unpaired) electrons. The van der Waals surface area contributed by atoms with Crippen molar-refractivity contribution in [1.82, 2.24) is 9.62 Å². The molecular weight excluding hydrogens is 284 g/mol. The quantitative estimate of drug-likeness (QED) is 0.802. The molecule has 0 aliphatic carbocycles. The van der Waals surface area contributed by atoms with Crippen LogP contribution in [-0.4, -0.2) is 39.4 Å². The monoisotopic (exact) mass is 312 g/mol. The van der Waals surface area contributed by atoms with Gasteiger partial charge in [0.1, 0.15) is 0 Å². The van der Waals surface area contributed by atoms with Gasteiger partial charge in [0, 0.05) is 20.1 Å². The number of sulfonamides is 1. The lowest BCUT2D eigenvalue weighted by Crippen LogP contribution is -2.33. The van der Waals surface area contributed by atoms with E-state index in [1.807, 2.05) is 12.1 Å². The minimum Gasteiger partial charge on any atom is -0.314 e. The van der Waals surface area contributed by atoms with Crippen molar-refractivity contribution in [2.75, 3.05) is 20.6 Å². The lowest BCUT2D eigenvalue weighted by atomic mass is 9.97. The molecule has 0 amide bonds. The van der Waals surface area contributed by atoms with Crippen molar-refractivity contribution >= 4 is 10.0 Å². The molecule has 0 heterocycles. The molecule has 0 aliphatic rings. The molecule has 1 N–H and O–H groups in total. The van der Waals surface area contributed by atoms with E-state index >= 15 is 0 Å². The summed E-state index contributed by atoms with van der Waals surface area (Å²) >= 11 is 0. The van der Waals surface area contributed by atoms with Gasteiger partial charge in [0.15, 0.2) is 0 Å². The van der Waals surface area contributed by atoms with E-state index in [-0.39, 0.29) is 0 Å². The SMILES string of the molecule is CCNC(Cc1ccccc1S(=O)(=O)N(C)C)CC(C)C. The number of nitrogens with zero attached hydrogens (tertiary/aromatic N) is 1. The minimum atomic E-state index is -3.39. The summed E-state index contributed by atoms with van der Waals surface area (Å²) in [4.78, 5) is 0.418. The summed E-state index contributed by atoms with van der Waals surface area (Å²) in [5.41, 5.74) is 0.887. The fraction of sp³-hybridized carbons (Fsp3) is 0.625. The molecule has 0 spiro atoms. The van der Waals surface area contributed by atoms with E-state index in [4.69, 9.17) is 0 Å². The van der Waals surface area contributed by atoms with Crippen LogP contribution in [0.25, 0.3) is 0 Å². The van der Waals surface area contributed by atoms with Gasteiger partial charge in [-0.05, 0) is 36.9 Å². The highest BCUT2D eigenvalue weighted by Gasteiger charge is 2.22. The molecule has 1 atom stereocenters. The number of hydrogen-bond donors (Lipinski definition) is 1. The second-order valence-corrected chi connectivity index (χ2v) is 8.10. The van der Waals surface area contributed by atoms with Crippen LogP contribution in [0.15, 0.2) is 29.2 Å². The van der Waals surface area contributed by atoms with E-state index in [0.717, 1.165) is 24.9 Å². The molecule has 21 heavy (non-hydrogen) atoms. The molecular formula is C16H28N2O2S. The van der Waals surface area contributed by atoms with Gasteiger partial charge in [0.05, 0.1) is 4.90 Å². The Balaban J connectivity index is 3.08. The third-order valence-corrected chi connectivity index (χ3v) is 5.36. The molecule has 0 fully saturated rings. The van der Waals surface area contributed by atoms with Crippen molar-refractivity contribution in [3.05, 3.63) is 29.8 Å². The summed E-state index contributed by atoms with van der Waals surface area (Å²) in [7, 11) is -0.248. The van der Waals surface area contributed by atoms with E-state index < -0.39 is 10.0 Å². The van der Waals surface area contributed by atoms with Crippen LogP contribution in [0.5, 0.6) is 0 Å². The first-order chi connectivity index (χ1) is 9.78. The summed E-state index contributed by atoms with van der Waals surface area (Å²) < 4.78 is 26.1. The maximum absolute atomic E-state index is 12.4. The summed E-state index contributed by atoms with van der Waals surface area (Å²) in [5, 5.41) is 3.46. The number of likely N-dealkylation sites (N-methyl/N-ethyl adjacent to an activating group) is 1. The van der Waals surface area contributed by atoms with E-state index in [1.54, 1.807) is 26.2 Å². The van der Waals surface area contributed by atoms with Gasteiger partial charge in [-0.2, -0.15) is 0 Å². The summed E-state index contributed by atoms with van der Waals surface area (Å²) in [6.07, 6.45) is 1.76. The Morgan fingerprint density at radius 3 is 2.33 bits per heavy atom. The Morgan fingerprint density at radius 2 is 1.81 bits per heavy atom. The molecule has 4 nitrogen and oxygen atoms in total. The van der Waals surface area contributed by atoms with Gasteiger partial charge in [-0.25, -0.2) is 12.7 Å². The lowest BCUT2D eigenvalue weighted by molar-refractivity contribution is 0.421. The molecule has 120 valence electrons. The zero-order valence-electron chi connectivity index (χ0n) is 13.8. The fourth-order valence-electron chi connectivity index (χ4n) is 2.48. The van der Waals surface area contributed by atoms with Gasteiger partial charge in [-0.1, -0.05) is 39.0 Å². The third-order valence-electron chi connectivity index (χ3n) is 3.45. The zero-order chi connectivity index (χ0) is 16.0. The third kappa shape index (κ3) is 5.09. The number of nitrogens with one attached hydrogen (secondary N) is 1. The highest BCUT2D eigenvalue weighted by Crippen LogP contribution is 2.21. The Labute approximate surface area is 129 Å². The predicted octanol–water partition coefficient (Wildman–Crippen LogP) is 2.50. The molecule has 1 unspecified atom stereocenters. The maximum Gasteiger partial charge on any atom is 0.242 e. The second kappa shape index (κ2) is 7.92. The highest BCUT2D eigenvalue weighted by molar-refractivity contribution is 7.89. The van der Waals surface area contributed by atoms with Crippen molar-refractivity contribution in [1.29, 1.82) is 0 Å². The summed E-state index contributed by atoms with van der Waals surface area (Å²) in [6, 6.07) is 7.60. The molecule has 0 aromatic heterocycles. The van der Waals surface area contributed by atoms with Gasteiger partial charge >= 0.3 is 0 Å². The van der Waals surface area contributed by atoms with Crippen LogP contribution in [0.3, 0.4) is 0 Å². The van der Waals surface area contributed by atoms with E-state index in [0.29, 0.717) is 16.9 Å². The van der Waals surface area contributed by atoms with Gasteiger partial charge in [0.25, 0.3) is 0 Å². The van der Waals surface area contributed by atoms with Gasteiger partial charge in [0.2, 0.25) is 10.0 Å². The molecule has 5 heteroatoms. The van der Waals surface area contributed by atoms with Gasteiger partial charge < -0.3 is 5.32 Å². The predicted molar refractivity (Wildman–Crippen MR) is 87.9 cm³/mol. The molecule has 0 saturated carbocycles. The topological polar surface area (TPSA) is 49.4 Å².